The SMILES string of the molecule is Brc1ccc2c(N3CCC(n4cncn4)CC3)nc(NCC3(n4cccn4)CC3)nc2c1. The van der Waals surface area contributed by atoms with E-state index in [-0.39, 0.29) is 5.54 Å². The minimum atomic E-state index is 0.0371. The van der Waals surface area contributed by atoms with Gasteiger partial charge in [-0.3, -0.25) is 4.68 Å². The summed E-state index contributed by atoms with van der Waals surface area (Å²) in [4.78, 5) is 16.3. The molecule has 4 aromatic rings. The molecule has 2 aliphatic rings. The molecule has 0 atom stereocenters. The molecule has 0 bridgehead atoms. The predicted molar refractivity (Wildman–Crippen MR) is 126 cm³/mol. The fraction of sp³-hybridized carbons (Fsp3) is 0.409. The van der Waals surface area contributed by atoms with Crippen LogP contribution in [0.5, 0.6) is 0 Å². The Morgan fingerprint density at radius 3 is 2.72 bits per heavy atom. The second kappa shape index (κ2) is 7.84. The van der Waals surface area contributed by atoms with Gasteiger partial charge in [0.2, 0.25) is 5.95 Å². The third kappa shape index (κ3) is 3.62. The van der Waals surface area contributed by atoms with Crippen LogP contribution in [0.2, 0.25) is 0 Å². The molecule has 4 heterocycles. The summed E-state index contributed by atoms with van der Waals surface area (Å²) in [6.07, 6.45) is 11.5. The number of halogens is 1. The average Bonchev–Trinajstić information content (AvgIpc) is 3.22. The maximum absolute atomic E-state index is 4.98. The van der Waals surface area contributed by atoms with E-state index in [0.29, 0.717) is 12.0 Å². The van der Waals surface area contributed by atoms with Gasteiger partial charge in [-0.05, 0) is 49.9 Å². The van der Waals surface area contributed by atoms with Crippen molar-refractivity contribution in [3.8, 4) is 0 Å². The third-order valence-electron chi connectivity index (χ3n) is 6.61. The molecule has 32 heavy (non-hydrogen) atoms. The smallest absolute Gasteiger partial charge is 0.225 e. The summed E-state index contributed by atoms with van der Waals surface area (Å²) in [6, 6.07) is 8.59. The van der Waals surface area contributed by atoms with Crippen molar-refractivity contribution in [1.82, 2.24) is 34.5 Å². The maximum atomic E-state index is 4.98. The Balaban J connectivity index is 1.26. The number of rotatable bonds is 6. The summed E-state index contributed by atoms with van der Waals surface area (Å²) >= 11 is 3.59. The normalized spacial score (nSPS) is 18.2. The number of aromatic nitrogens is 7. The molecule has 10 heteroatoms. The second-order valence-electron chi connectivity index (χ2n) is 8.65. The molecule has 1 aliphatic carbocycles. The molecule has 0 unspecified atom stereocenters. The van der Waals surface area contributed by atoms with E-state index in [9.17, 15) is 0 Å². The highest BCUT2D eigenvalue weighted by molar-refractivity contribution is 9.10. The van der Waals surface area contributed by atoms with Crippen molar-refractivity contribution >= 4 is 38.6 Å². The van der Waals surface area contributed by atoms with Gasteiger partial charge in [0.05, 0.1) is 17.1 Å². The van der Waals surface area contributed by atoms with Crippen molar-refractivity contribution < 1.29 is 0 Å². The number of piperidine rings is 1. The molecule has 9 nitrogen and oxygen atoms in total. The van der Waals surface area contributed by atoms with Crippen molar-refractivity contribution in [3.63, 3.8) is 0 Å². The molecule has 1 saturated heterocycles. The van der Waals surface area contributed by atoms with E-state index in [2.05, 4.69) is 64.2 Å². The number of hydrogen-bond acceptors (Lipinski definition) is 7. The zero-order chi connectivity index (χ0) is 21.5. The summed E-state index contributed by atoms with van der Waals surface area (Å²) < 4.78 is 5.05. The number of nitrogens with zero attached hydrogens (tertiary/aromatic N) is 8. The van der Waals surface area contributed by atoms with E-state index in [1.165, 1.54) is 0 Å². The van der Waals surface area contributed by atoms with E-state index < -0.39 is 0 Å². The Hall–Kier alpha value is -3.01. The van der Waals surface area contributed by atoms with Crippen LogP contribution in [0, 0.1) is 0 Å². The first-order valence-corrected chi connectivity index (χ1v) is 11.8. The zero-order valence-electron chi connectivity index (χ0n) is 17.6. The van der Waals surface area contributed by atoms with Crippen LogP contribution >= 0.6 is 15.9 Å². The predicted octanol–water partition coefficient (Wildman–Crippen LogP) is 3.62. The van der Waals surface area contributed by atoms with Crippen molar-refractivity contribution in [2.45, 2.75) is 37.3 Å². The number of fused-ring (bicyclic) bond motifs is 1. The Bertz CT molecular complexity index is 1210. The molecule has 0 amide bonds. The lowest BCUT2D eigenvalue weighted by Crippen LogP contribution is -2.35. The molecule has 3 aromatic heterocycles. The van der Waals surface area contributed by atoms with E-state index in [4.69, 9.17) is 9.97 Å². The van der Waals surface area contributed by atoms with Crippen LogP contribution in [0.4, 0.5) is 11.8 Å². The molecule has 1 saturated carbocycles. The third-order valence-corrected chi connectivity index (χ3v) is 7.10. The van der Waals surface area contributed by atoms with Gasteiger partial charge < -0.3 is 10.2 Å². The minimum absolute atomic E-state index is 0.0371. The van der Waals surface area contributed by atoms with Crippen LogP contribution in [0.15, 0.2) is 53.8 Å². The van der Waals surface area contributed by atoms with Crippen molar-refractivity contribution in [3.05, 3.63) is 53.8 Å². The lowest BCUT2D eigenvalue weighted by molar-refractivity contribution is 0.365. The number of benzene rings is 1. The minimum Gasteiger partial charge on any atom is -0.356 e. The van der Waals surface area contributed by atoms with Crippen LogP contribution < -0.4 is 10.2 Å². The Morgan fingerprint density at radius 2 is 2.00 bits per heavy atom. The topological polar surface area (TPSA) is 89.6 Å². The quantitative estimate of drug-likeness (QED) is 0.438. The Labute approximate surface area is 194 Å². The van der Waals surface area contributed by atoms with Crippen LogP contribution in [-0.2, 0) is 5.54 Å². The van der Waals surface area contributed by atoms with Gasteiger partial charge in [-0.1, -0.05) is 15.9 Å². The number of anilines is 2. The summed E-state index contributed by atoms with van der Waals surface area (Å²) in [5, 5.41) is 13.4. The first-order valence-electron chi connectivity index (χ1n) is 11.0. The summed E-state index contributed by atoms with van der Waals surface area (Å²) in [7, 11) is 0. The van der Waals surface area contributed by atoms with E-state index >= 15 is 0 Å². The summed E-state index contributed by atoms with van der Waals surface area (Å²) in [6.45, 7) is 2.61. The van der Waals surface area contributed by atoms with Crippen molar-refractivity contribution in [2.75, 3.05) is 29.9 Å². The Morgan fingerprint density at radius 1 is 1.12 bits per heavy atom. The average molecular weight is 494 g/mol. The number of nitrogens with one attached hydrogen (secondary N) is 1. The van der Waals surface area contributed by atoms with Crippen LogP contribution in [0.1, 0.15) is 31.7 Å². The molecule has 1 aromatic carbocycles. The van der Waals surface area contributed by atoms with Gasteiger partial charge in [-0.2, -0.15) is 15.2 Å². The van der Waals surface area contributed by atoms with Gasteiger partial charge in [-0.25, -0.2) is 14.6 Å². The van der Waals surface area contributed by atoms with Gasteiger partial charge in [0.25, 0.3) is 0 Å². The van der Waals surface area contributed by atoms with Crippen molar-refractivity contribution in [2.24, 2.45) is 0 Å². The summed E-state index contributed by atoms with van der Waals surface area (Å²) in [5.74, 6) is 1.66. The van der Waals surface area contributed by atoms with Crippen molar-refractivity contribution in [1.29, 1.82) is 0 Å². The highest BCUT2D eigenvalue weighted by Gasteiger charge is 2.45. The maximum Gasteiger partial charge on any atom is 0.225 e. The zero-order valence-corrected chi connectivity index (χ0v) is 19.2. The lowest BCUT2D eigenvalue weighted by atomic mass is 10.0. The van der Waals surface area contributed by atoms with Gasteiger partial charge >= 0.3 is 0 Å². The molecular formula is C22H24BrN9. The molecule has 6 rings (SSSR count). The molecule has 0 radical (unpaired) electrons. The first kappa shape index (κ1) is 19.7. The standard InChI is InChI=1S/C22H24BrN9/c23-16-2-3-18-19(12-16)28-21(25-13-22(6-7-22)32-9-1-8-26-32)29-20(18)30-10-4-17(5-11-30)31-15-24-14-27-31/h1-3,8-9,12,14-15,17H,4-7,10-11,13H2,(H,25,28,29). The largest absolute Gasteiger partial charge is 0.356 e. The van der Waals surface area contributed by atoms with Gasteiger partial charge in [-0.15, -0.1) is 0 Å². The molecular weight excluding hydrogens is 470 g/mol. The van der Waals surface area contributed by atoms with Crippen LogP contribution in [0.3, 0.4) is 0 Å². The highest BCUT2D eigenvalue weighted by atomic mass is 79.9. The fourth-order valence-corrected chi connectivity index (χ4v) is 4.93. The molecule has 1 N–H and O–H groups in total. The molecule has 1 aliphatic heterocycles. The van der Waals surface area contributed by atoms with Gasteiger partial charge in [0.1, 0.15) is 18.5 Å². The second-order valence-corrected chi connectivity index (χ2v) is 9.57. The fourth-order valence-electron chi connectivity index (χ4n) is 4.58. The highest BCUT2D eigenvalue weighted by Crippen LogP contribution is 2.43. The van der Waals surface area contributed by atoms with Gasteiger partial charge in [0, 0.05) is 41.9 Å². The van der Waals surface area contributed by atoms with Crippen LogP contribution in [0.25, 0.3) is 10.9 Å². The monoisotopic (exact) mass is 493 g/mol. The molecule has 0 spiro atoms. The van der Waals surface area contributed by atoms with E-state index in [0.717, 1.165) is 66.5 Å². The lowest BCUT2D eigenvalue weighted by Gasteiger charge is -2.33. The Kier molecular flexibility index (Phi) is 4.82. The van der Waals surface area contributed by atoms with E-state index in [1.54, 1.807) is 6.33 Å². The first-order chi connectivity index (χ1) is 15.7. The molecule has 2 fully saturated rings. The van der Waals surface area contributed by atoms with Gasteiger partial charge in [0.15, 0.2) is 0 Å². The number of hydrogen-bond donors (Lipinski definition) is 1. The molecule has 164 valence electrons. The van der Waals surface area contributed by atoms with E-state index in [1.807, 2.05) is 29.5 Å². The van der Waals surface area contributed by atoms with Crippen LogP contribution in [-0.4, -0.2) is 54.1 Å². The summed E-state index contributed by atoms with van der Waals surface area (Å²) in [5.41, 5.74) is 0.976.